The zero-order valence-corrected chi connectivity index (χ0v) is 12.0. The van der Waals surface area contributed by atoms with Gasteiger partial charge in [-0.25, -0.2) is 15.2 Å². The van der Waals surface area contributed by atoms with Crippen LogP contribution in [-0.2, 0) is 16.1 Å². The average Bonchev–Trinajstić information content (AvgIpc) is 2.36. The van der Waals surface area contributed by atoms with Crippen molar-refractivity contribution in [2.24, 2.45) is 0 Å². The van der Waals surface area contributed by atoms with Crippen molar-refractivity contribution in [2.75, 3.05) is 6.61 Å². The Morgan fingerprint density at radius 1 is 1.32 bits per heavy atom. The molecule has 0 heterocycles. The summed E-state index contributed by atoms with van der Waals surface area (Å²) in [6.45, 7) is -0.214. The molecule has 0 aromatic heterocycles. The third-order valence-electron chi connectivity index (χ3n) is 1.92. The third-order valence-corrected chi connectivity index (χ3v) is 2.25. The Hall–Kier alpha value is -1.17. The topological polar surface area (TPSA) is 58.6 Å². The number of halogens is 3. The van der Waals surface area contributed by atoms with Gasteiger partial charge in [-0.15, -0.1) is 0 Å². The molecule has 0 aliphatic rings. The Balaban J connectivity index is 2.44. The minimum absolute atomic E-state index is 0.202. The highest BCUT2D eigenvalue weighted by molar-refractivity contribution is 6.67. The van der Waals surface area contributed by atoms with Crippen molar-refractivity contribution in [1.82, 2.24) is 10.4 Å². The Bertz CT molecular complexity index is 423. The van der Waals surface area contributed by atoms with Crippen LogP contribution in [0.3, 0.4) is 0 Å². The Labute approximate surface area is 125 Å². The maximum atomic E-state index is 11.3. The molecule has 0 saturated heterocycles. The van der Waals surface area contributed by atoms with Gasteiger partial charge in [0.1, 0.15) is 6.61 Å². The third kappa shape index (κ3) is 7.10. The molecule has 0 aliphatic carbocycles. The van der Waals surface area contributed by atoms with Crippen molar-refractivity contribution in [1.29, 1.82) is 0 Å². The van der Waals surface area contributed by atoms with Crippen LogP contribution < -0.4 is 5.43 Å². The van der Waals surface area contributed by atoms with Gasteiger partial charge in [-0.05, 0) is 5.56 Å². The maximum absolute atomic E-state index is 11.3. The summed E-state index contributed by atoms with van der Waals surface area (Å²) in [6.07, 6.45) is -0.418. The summed E-state index contributed by atoms with van der Waals surface area (Å²) in [4.78, 5) is 22.2. The highest BCUT2D eigenvalue weighted by Gasteiger charge is 2.22. The highest BCUT2D eigenvalue weighted by atomic mass is 35.6. The molecule has 0 bridgehead atoms. The van der Waals surface area contributed by atoms with Crippen molar-refractivity contribution in [2.45, 2.75) is 10.3 Å². The molecule has 5 nitrogen and oxygen atoms in total. The van der Waals surface area contributed by atoms with Crippen molar-refractivity contribution >= 4 is 47.3 Å². The summed E-state index contributed by atoms with van der Waals surface area (Å²) >= 11 is 16.3. The molecule has 1 aromatic rings. The number of amides is 2. The average molecular weight is 326 g/mol. The number of nitrogens with zero attached hydrogens (tertiary/aromatic N) is 1. The molecule has 19 heavy (non-hydrogen) atoms. The molecule has 1 rings (SSSR count). The van der Waals surface area contributed by atoms with E-state index >= 15 is 0 Å². The second kappa shape index (κ2) is 7.43. The molecule has 1 aromatic carbocycles. The molecule has 0 saturated carbocycles. The number of carbonyl (C=O) groups is 2. The number of rotatable bonds is 5. The molecular formula is C11H11Cl3N2O3. The van der Waals surface area contributed by atoms with E-state index in [9.17, 15) is 9.59 Å². The standard InChI is InChI=1S/C11H11Cl3N2O3/c12-11(13,14)7-19-10(18)15-16(8-17)6-9-4-2-1-3-5-9/h1-5,8H,6-7H2,(H,15,18). The summed E-state index contributed by atoms with van der Waals surface area (Å²) in [7, 11) is 0. The van der Waals surface area contributed by atoms with Gasteiger partial charge in [-0.3, -0.25) is 4.79 Å². The largest absolute Gasteiger partial charge is 0.444 e. The zero-order chi connectivity index (χ0) is 14.3. The second-order valence-electron chi connectivity index (χ2n) is 3.52. The first kappa shape index (κ1) is 15.9. The van der Waals surface area contributed by atoms with Gasteiger partial charge < -0.3 is 4.74 Å². The Kier molecular flexibility index (Phi) is 6.21. The second-order valence-corrected chi connectivity index (χ2v) is 6.04. The number of alkyl halides is 3. The molecule has 2 amide bonds. The predicted molar refractivity (Wildman–Crippen MR) is 72.8 cm³/mol. The molecule has 8 heteroatoms. The summed E-state index contributed by atoms with van der Waals surface area (Å²) in [5, 5.41) is 1.02. The first-order valence-electron chi connectivity index (χ1n) is 5.17. The van der Waals surface area contributed by atoms with E-state index in [4.69, 9.17) is 34.8 Å². The van der Waals surface area contributed by atoms with Gasteiger partial charge in [0.15, 0.2) is 0 Å². The summed E-state index contributed by atoms with van der Waals surface area (Å²) in [6, 6.07) is 9.10. The number of ether oxygens (including phenoxy) is 1. The van der Waals surface area contributed by atoms with Crippen LogP contribution in [0.2, 0.25) is 0 Å². The minimum Gasteiger partial charge on any atom is -0.444 e. The van der Waals surface area contributed by atoms with E-state index in [1.165, 1.54) is 0 Å². The molecule has 1 N–H and O–H groups in total. The smallest absolute Gasteiger partial charge is 0.426 e. The fraction of sp³-hybridized carbons (Fsp3) is 0.273. The van der Waals surface area contributed by atoms with Crippen molar-refractivity contribution < 1.29 is 14.3 Å². The summed E-state index contributed by atoms with van der Waals surface area (Å²) in [5.74, 6) is 0. The molecule has 0 radical (unpaired) electrons. The van der Waals surface area contributed by atoms with E-state index in [0.29, 0.717) is 6.41 Å². The Morgan fingerprint density at radius 2 is 1.95 bits per heavy atom. The maximum Gasteiger partial charge on any atom is 0.426 e. The monoisotopic (exact) mass is 324 g/mol. The Morgan fingerprint density at radius 3 is 2.47 bits per heavy atom. The molecule has 0 atom stereocenters. The van der Waals surface area contributed by atoms with Gasteiger partial charge in [0.2, 0.25) is 10.2 Å². The number of nitrogens with one attached hydrogen (secondary N) is 1. The lowest BCUT2D eigenvalue weighted by atomic mass is 10.2. The lowest BCUT2D eigenvalue weighted by molar-refractivity contribution is -0.121. The van der Waals surface area contributed by atoms with E-state index < -0.39 is 16.5 Å². The molecule has 104 valence electrons. The van der Waals surface area contributed by atoms with E-state index in [1.54, 1.807) is 0 Å². The van der Waals surface area contributed by atoms with Crippen LogP contribution in [-0.4, -0.2) is 27.9 Å². The van der Waals surface area contributed by atoms with Gasteiger partial charge >= 0.3 is 6.09 Å². The first-order chi connectivity index (χ1) is 8.90. The number of carbonyl (C=O) groups excluding carboxylic acids is 2. The van der Waals surface area contributed by atoms with Crippen LogP contribution >= 0.6 is 34.8 Å². The van der Waals surface area contributed by atoms with E-state index in [2.05, 4.69) is 10.2 Å². The number of hydrogen-bond donors (Lipinski definition) is 1. The zero-order valence-electron chi connectivity index (χ0n) is 9.68. The fourth-order valence-electron chi connectivity index (χ4n) is 1.18. The van der Waals surface area contributed by atoms with E-state index in [1.807, 2.05) is 30.3 Å². The highest BCUT2D eigenvalue weighted by Crippen LogP contribution is 2.25. The minimum atomic E-state index is -1.69. The predicted octanol–water partition coefficient (Wildman–Crippen LogP) is 2.66. The van der Waals surface area contributed by atoms with E-state index in [-0.39, 0.29) is 6.54 Å². The lowest BCUT2D eigenvalue weighted by Crippen LogP contribution is -2.41. The van der Waals surface area contributed by atoms with Gasteiger partial charge in [0.25, 0.3) is 0 Å². The normalized spacial score (nSPS) is 10.7. The molecule has 0 spiro atoms. The quantitative estimate of drug-likeness (QED) is 0.514. The summed E-state index contributed by atoms with van der Waals surface area (Å²) in [5.41, 5.74) is 3.06. The van der Waals surface area contributed by atoms with Gasteiger partial charge in [-0.1, -0.05) is 65.1 Å². The van der Waals surface area contributed by atoms with Gasteiger partial charge in [0.05, 0.1) is 6.54 Å². The van der Waals surface area contributed by atoms with Gasteiger partial charge in [0, 0.05) is 0 Å². The summed E-state index contributed by atoms with van der Waals surface area (Å²) < 4.78 is 2.94. The van der Waals surface area contributed by atoms with Crippen molar-refractivity contribution in [3.05, 3.63) is 35.9 Å². The van der Waals surface area contributed by atoms with Crippen LogP contribution in [0.5, 0.6) is 0 Å². The molecule has 0 fully saturated rings. The molecular weight excluding hydrogens is 314 g/mol. The number of hydrazine groups is 1. The number of hydrogen-bond acceptors (Lipinski definition) is 3. The van der Waals surface area contributed by atoms with Crippen molar-refractivity contribution in [3.63, 3.8) is 0 Å². The first-order valence-corrected chi connectivity index (χ1v) is 6.30. The molecule has 0 aliphatic heterocycles. The van der Waals surface area contributed by atoms with Crippen LogP contribution in [0.4, 0.5) is 4.79 Å². The molecule has 0 unspecified atom stereocenters. The number of benzene rings is 1. The van der Waals surface area contributed by atoms with Crippen LogP contribution in [0.25, 0.3) is 0 Å². The van der Waals surface area contributed by atoms with Crippen LogP contribution in [0, 0.1) is 0 Å². The van der Waals surface area contributed by atoms with Crippen LogP contribution in [0.15, 0.2) is 30.3 Å². The SMILES string of the molecule is O=CN(Cc1ccccc1)NC(=O)OCC(Cl)(Cl)Cl. The van der Waals surface area contributed by atoms with E-state index in [0.717, 1.165) is 10.6 Å². The van der Waals surface area contributed by atoms with Crippen LogP contribution in [0.1, 0.15) is 5.56 Å². The fourth-order valence-corrected chi connectivity index (χ4v) is 1.34. The van der Waals surface area contributed by atoms with Crippen molar-refractivity contribution in [3.8, 4) is 0 Å². The lowest BCUT2D eigenvalue weighted by Gasteiger charge is -2.19. The van der Waals surface area contributed by atoms with Gasteiger partial charge in [-0.2, -0.15) is 0 Å².